The van der Waals surface area contributed by atoms with Crippen LogP contribution in [0, 0.1) is 0 Å². The van der Waals surface area contributed by atoms with Crippen molar-refractivity contribution in [3.63, 3.8) is 0 Å². The Hall–Kier alpha value is -0.760. The summed E-state index contributed by atoms with van der Waals surface area (Å²) in [6, 6.07) is 7.35. The average molecular weight is 209 g/mol. The molecular weight excluding hydrogens is 196 g/mol. The van der Waals surface area contributed by atoms with Crippen molar-refractivity contribution in [1.29, 1.82) is 0 Å². The van der Waals surface area contributed by atoms with Crippen LogP contribution in [-0.2, 0) is 0 Å². The van der Waals surface area contributed by atoms with Gasteiger partial charge >= 0.3 is 0 Å². The quantitative estimate of drug-likeness (QED) is 0.660. The summed E-state index contributed by atoms with van der Waals surface area (Å²) in [4.78, 5) is 6.85. The molecule has 2 saturated heterocycles. The van der Waals surface area contributed by atoms with E-state index in [1.54, 1.807) is 0 Å². The van der Waals surface area contributed by atoms with Gasteiger partial charge in [-0.05, 0) is 37.8 Å². The molecule has 2 aliphatic heterocycles. The Morgan fingerprint density at radius 3 is 2.36 bits per heavy atom. The second-order valence-corrected chi connectivity index (χ2v) is 4.58. The molecule has 0 amide bonds. The fourth-order valence-electron chi connectivity index (χ4n) is 2.83. The van der Waals surface area contributed by atoms with Gasteiger partial charge in [-0.15, -0.1) is 0 Å². The molecule has 0 atom stereocenters. The van der Waals surface area contributed by atoms with Crippen LogP contribution >= 0.6 is 11.6 Å². The molecule has 0 saturated carbocycles. The highest BCUT2D eigenvalue weighted by atomic mass is 35.5. The number of rotatable bonds is 1. The van der Waals surface area contributed by atoms with Gasteiger partial charge in [-0.2, -0.15) is 0 Å². The minimum absolute atomic E-state index is 0.605. The molecular formula is C11H13ClN2. The summed E-state index contributed by atoms with van der Waals surface area (Å²) in [5.74, 6) is 1.07. The van der Waals surface area contributed by atoms with Crippen molar-refractivity contribution in [1.82, 2.24) is 4.98 Å². The maximum absolute atomic E-state index is 5.90. The van der Waals surface area contributed by atoms with Gasteiger partial charge in [0.25, 0.3) is 0 Å². The zero-order valence-electron chi connectivity index (χ0n) is 7.99. The second kappa shape index (κ2) is 3.13. The zero-order valence-corrected chi connectivity index (χ0v) is 8.74. The molecule has 0 aliphatic carbocycles. The molecule has 3 heterocycles. The van der Waals surface area contributed by atoms with Crippen molar-refractivity contribution in [3.8, 4) is 0 Å². The first-order valence-electron chi connectivity index (χ1n) is 5.25. The fourth-order valence-corrected chi connectivity index (χ4v) is 2.99. The molecule has 0 spiro atoms. The summed E-state index contributed by atoms with van der Waals surface area (Å²) in [5.41, 5.74) is 0. The van der Waals surface area contributed by atoms with Crippen molar-refractivity contribution < 1.29 is 0 Å². The summed E-state index contributed by atoms with van der Waals surface area (Å²) >= 11 is 5.90. The average Bonchev–Trinajstić information content (AvgIpc) is 2.76. The van der Waals surface area contributed by atoms with E-state index in [0.717, 1.165) is 17.9 Å². The monoisotopic (exact) mass is 208 g/mol. The Balaban J connectivity index is 1.95. The van der Waals surface area contributed by atoms with Crippen LogP contribution in [0.15, 0.2) is 18.2 Å². The zero-order chi connectivity index (χ0) is 9.54. The summed E-state index contributed by atoms with van der Waals surface area (Å²) in [5, 5.41) is 0.605. The number of anilines is 1. The van der Waals surface area contributed by atoms with Crippen molar-refractivity contribution in [3.05, 3.63) is 23.4 Å². The number of pyridine rings is 1. The molecule has 2 fully saturated rings. The van der Waals surface area contributed by atoms with E-state index in [9.17, 15) is 0 Å². The number of nitrogens with zero attached hydrogens (tertiary/aromatic N) is 2. The van der Waals surface area contributed by atoms with Crippen LogP contribution in [-0.4, -0.2) is 17.1 Å². The van der Waals surface area contributed by atoms with Crippen LogP contribution in [0.25, 0.3) is 0 Å². The van der Waals surface area contributed by atoms with E-state index in [1.807, 2.05) is 12.1 Å². The van der Waals surface area contributed by atoms with Crippen molar-refractivity contribution in [2.45, 2.75) is 37.8 Å². The number of aromatic nitrogens is 1. The van der Waals surface area contributed by atoms with E-state index < -0.39 is 0 Å². The lowest BCUT2D eigenvalue weighted by Gasteiger charge is -2.23. The molecule has 0 N–H and O–H groups in total. The summed E-state index contributed by atoms with van der Waals surface area (Å²) in [7, 11) is 0. The van der Waals surface area contributed by atoms with Crippen molar-refractivity contribution >= 4 is 17.4 Å². The lowest BCUT2D eigenvalue weighted by atomic mass is 10.0. The highest BCUT2D eigenvalue weighted by Gasteiger charge is 2.39. The molecule has 2 aliphatic rings. The SMILES string of the molecule is Clc1cccc(N2C3CCC2CC3)n1. The van der Waals surface area contributed by atoms with Gasteiger partial charge in [0.2, 0.25) is 0 Å². The summed E-state index contributed by atoms with van der Waals surface area (Å²) < 4.78 is 0. The molecule has 0 radical (unpaired) electrons. The Bertz CT molecular complexity index is 333. The van der Waals surface area contributed by atoms with Crippen molar-refractivity contribution in [2.24, 2.45) is 0 Å². The molecule has 2 bridgehead atoms. The normalized spacial score (nSPS) is 29.9. The molecule has 0 unspecified atom stereocenters. The third kappa shape index (κ3) is 1.21. The Morgan fingerprint density at radius 1 is 1.14 bits per heavy atom. The third-order valence-electron chi connectivity index (χ3n) is 3.42. The third-order valence-corrected chi connectivity index (χ3v) is 3.63. The smallest absolute Gasteiger partial charge is 0.131 e. The van der Waals surface area contributed by atoms with Gasteiger partial charge < -0.3 is 4.90 Å². The standard InChI is InChI=1S/C11H13ClN2/c12-10-2-1-3-11(13-10)14-8-4-5-9(14)7-6-8/h1-3,8-9H,4-7H2. The summed E-state index contributed by atoms with van der Waals surface area (Å²) in [6.07, 6.45) is 5.33. The lowest BCUT2D eigenvalue weighted by Crippen LogP contribution is -2.28. The van der Waals surface area contributed by atoms with Gasteiger partial charge in [0, 0.05) is 12.1 Å². The van der Waals surface area contributed by atoms with E-state index in [0.29, 0.717) is 5.15 Å². The predicted molar refractivity (Wildman–Crippen MR) is 57.8 cm³/mol. The minimum atomic E-state index is 0.605. The molecule has 1 aromatic heterocycles. The summed E-state index contributed by atoms with van der Waals surface area (Å²) in [6.45, 7) is 0. The first-order chi connectivity index (χ1) is 6.84. The molecule has 2 nitrogen and oxygen atoms in total. The fraction of sp³-hybridized carbons (Fsp3) is 0.545. The van der Waals surface area contributed by atoms with Crippen molar-refractivity contribution in [2.75, 3.05) is 4.90 Å². The second-order valence-electron chi connectivity index (χ2n) is 4.19. The van der Waals surface area contributed by atoms with Crippen LogP contribution in [0.1, 0.15) is 25.7 Å². The Kier molecular flexibility index (Phi) is 1.91. The molecule has 0 aromatic carbocycles. The molecule has 1 aromatic rings. The predicted octanol–water partition coefficient (Wildman–Crippen LogP) is 2.87. The Morgan fingerprint density at radius 2 is 1.79 bits per heavy atom. The van der Waals surface area contributed by atoms with E-state index in [-0.39, 0.29) is 0 Å². The largest absolute Gasteiger partial charge is 0.351 e. The van der Waals surface area contributed by atoms with E-state index in [1.165, 1.54) is 25.7 Å². The van der Waals surface area contributed by atoms with Crippen LogP contribution in [0.3, 0.4) is 0 Å². The maximum atomic E-state index is 5.90. The van der Waals surface area contributed by atoms with E-state index >= 15 is 0 Å². The maximum Gasteiger partial charge on any atom is 0.131 e. The van der Waals surface area contributed by atoms with Gasteiger partial charge in [-0.25, -0.2) is 4.98 Å². The van der Waals surface area contributed by atoms with E-state index in [4.69, 9.17) is 11.6 Å². The van der Waals surface area contributed by atoms with Gasteiger partial charge in [-0.1, -0.05) is 17.7 Å². The molecule has 74 valence electrons. The van der Waals surface area contributed by atoms with Gasteiger partial charge in [0.1, 0.15) is 11.0 Å². The topological polar surface area (TPSA) is 16.1 Å². The Labute approximate surface area is 88.9 Å². The number of halogens is 1. The van der Waals surface area contributed by atoms with Crippen LogP contribution < -0.4 is 4.90 Å². The van der Waals surface area contributed by atoms with Gasteiger partial charge in [-0.3, -0.25) is 0 Å². The minimum Gasteiger partial charge on any atom is -0.351 e. The highest BCUT2D eigenvalue weighted by Crippen LogP contribution is 2.40. The first kappa shape index (κ1) is 8.54. The first-order valence-corrected chi connectivity index (χ1v) is 5.63. The van der Waals surface area contributed by atoms with E-state index in [2.05, 4.69) is 16.0 Å². The number of hydrogen-bond donors (Lipinski definition) is 0. The molecule has 14 heavy (non-hydrogen) atoms. The molecule has 3 rings (SSSR count). The van der Waals surface area contributed by atoms with Crippen LogP contribution in [0.5, 0.6) is 0 Å². The highest BCUT2D eigenvalue weighted by molar-refractivity contribution is 6.29. The number of fused-ring (bicyclic) bond motifs is 2. The molecule has 3 heteroatoms. The van der Waals surface area contributed by atoms with Crippen LogP contribution in [0.4, 0.5) is 5.82 Å². The number of hydrogen-bond acceptors (Lipinski definition) is 2. The van der Waals surface area contributed by atoms with Gasteiger partial charge in [0.15, 0.2) is 0 Å². The van der Waals surface area contributed by atoms with Crippen LogP contribution in [0.2, 0.25) is 5.15 Å². The van der Waals surface area contributed by atoms with Gasteiger partial charge in [0.05, 0.1) is 0 Å². The lowest BCUT2D eigenvalue weighted by molar-refractivity contribution is 0.576.